The molecule has 1 aromatic rings. The van der Waals surface area contributed by atoms with Gasteiger partial charge < -0.3 is 20.3 Å². The maximum atomic E-state index is 12.6. The Balaban J connectivity index is 1.54. The molecule has 0 spiro atoms. The van der Waals surface area contributed by atoms with Crippen LogP contribution in [0.2, 0.25) is 0 Å². The topological polar surface area (TPSA) is 70.7 Å². The number of nitrogens with zero attached hydrogens (tertiary/aromatic N) is 1. The van der Waals surface area contributed by atoms with Gasteiger partial charge in [0.05, 0.1) is 0 Å². The zero-order chi connectivity index (χ0) is 17.6. The Morgan fingerprint density at radius 3 is 2.92 bits per heavy atom. The van der Waals surface area contributed by atoms with Gasteiger partial charge in [-0.05, 0) is 49.3 Å². The van der Waals surface area contributed by atoms with Crippen molar-refractivity contribution in [2.45, 2.75) is 44.7 Å². The minimum absolute atomic E-state index is 0.0263. The van der Waals surface area contributed by atoms with E-state index < -0.39 is 0 Å². The molecule has 2 atom stereocenters. The summed E-state index contributed by atoms with van der Waals surface area (Å²) in [5.41, 5.74) is 1.67. The predicted molar refractivity (Wildman–Crippen MR) is 96.3 cm³/mol. The molecule has 0 aromatic heterocycles. The molecule has 2 aliphatic rings. The molecule has 2 unspecified atom stereocenters. The lowest BCUT2D eigenvalue weighted by Crippen LogP contribution is -2.50. The minimum atomic E-state index is -0.190. The summed E-state index contributed by atoms with van der Waals surface area (Å²) in [7, 11) is 1.49. The van der Waals surface area contributed by atoms with Gasteiger partial charge in [-0.2, -0.15) is 0 Å². The molecule has 25 heavy (non-hydrogen) atoms. The number of hydrogen-bond acceptors (Lipinski definition) is 3. The number of hydrogen-bond donors (Lipinski definition) is 2. The molecule has 1 heterocycles. The number of ether oxygens (including phenoxy) is 1. The highest BCUT2D eigenvalue weighted by Gasteiger charge is 2.37. The first-order valence-electron chi connectivity index (χ1n) is 9.09. The second-order valence-corrected chi connectivity index (χ2v) is 6.93. The van der Waals surface area contributed by atoms with Crippen LogP contribution in [-0.2, 0) is 16.1 Å². The SMILES string of the molecule is COCC(=O)Nc1cccc(CNC(=O)N2CCCC3CCCC32)c1. The average molecular weight is 345 g/mol. The molecule has 1 aliphatic heterocycles. The summed E-state index contributed by atoms with van der Waals surface area (Å²) >= 11 is 0. The Labute approximate surface area is 148 Å². The Morgan fingerprint density at radius 2 is 2.08 bits per heavy atom. The minimum Gasteiger partial charge on any atom is -0.375 e. The second kappa shape index (κ2) is 8.34. The number of rotatable bonds is 5. The van der Waals surface area contributed by atoms with E-state index in [2.05, 4.69) is 10.6 Å². The molecule has 3 amide bonds. The number of fused-ring (bicyclic) bond motifs is 1. The molecule has 0 bridgehead atoms. The van der Waals surface area contributed by atoms with Crippen molar-refractivity contribution in [3.8, 4) is 0 Å². The molecule has 3 rings (SSSR count). The van der Waals surface area contributed by atoms with E-state index in [1.807, 2.05) is 29.2 Å². The van der Waals surface area contributed by atoms with Gasteiger partial charge in [0.25, 0.3) is 0 Å². The van der Waals surface area contributed by atoms with Crippen molar-refractivity contribution in [1.82, 2.24) is 10.2 Å². The lowest BCUT2D eigenvalue weighted by atomic mass is 9.92. The summed E-state index contributed by atoms with van der Waals surface area (Å²) in [6.45, 7) is 1.35. The molecular formula is C19H27N3O3. The van der Waals surface area contributed by atoms with Crippen LogP contribution in [0.4, 0.5) is 10.5 Å². The fraction of sp³-hybridized carbons (Fsp3) is 0.579. The van der Waals surface area contributed by atoms with Crippen LogP contribution >= 0.6 is 0 Å². The Kier molecular flexibility index (Phi) is 5.91. The highest BCUT2D eigenvalue weighted by atomic mass is 16.5. The highest BCUT2D eigenvalue weighted by molar-refractivity contribution is 5.91. The van der Waals surface area contributed by atoms with E-state index in [-0.39, 0.29) is 18.5 Å². The number of piperidine rings is 1. The van der Waals surface area contributed by atoms with E-state index in [0.29, 0.717) is 24.2 Å². The van der Waals surface area contributed by atoms with Crippen molar-refractivity contribution in [2.24, 2.45) is 5.92 Å². The largest absolute Gasteiger partial charge is 0.375 e. The highest BCUT2D eigenvalue weighted by Crippen LogP contribution is 2.36. The standard InChI is InChI=1S/C19H27N3O3/c1-25-13-18(23)21-16-8-2-5-14(11-16)12-20-19(24)22-10-4-7-15-6-3-9-17(15)22/h2,5,8,11,15,17H,3-4,6-7,9-10,12-13H2,1H3,(H,20,24)(H,21,23). The first kappa shape index (κ1) is 17.7. The lowest BCUT2D eigenvalue weighted by molar-refractivity contribution is -0.119. The molecule has 6 heteroatoms. The summed E-state index contributed by atoms with van der Waals surface area (Å²) < 4.78 is 4.81. The Bertz CT molecular complexity index is 620. The number of carbonyl (C=O) groups excluding carboxylic acids is 2. The number of anilines is 1. The second-order valence-electron chi connectivity index (χ2n) is 6.93. The van der Waals surface area contributed by atoms with Gasteiger partial charge >= 0.3 is 6.03 Å². The van der Waals surface area contributed by atoms with Crippen molar-refractivity contribution >= 4 is 17.6 Å². The van der Waals surface area contributed by atoms with Gasteiger partial charge in [-0.25, -0.2) is 4.79 Å². The van der Waals surface area contributed by atoms with Crippen LogP contribution in [0.1, 0.15) is 37.7 Å². The molecule has 1 aromatic carbocycles. The van der Waals surface area contributed by atoms with E-state index in [0.717, 1.165) is 24.9 Å². The number of nitrogens with one attached hydrogen (secondary N) is 2. The van der Waals surface area contributed by atoms with Gasteiger partial charge in [-0.3, -0.25) is 4.79 Å². The summed E-state index contributed by atoms with van der Waals surface area (Å²) in [5, 5.41) is 5.81. The van der Waals surface area contributed by atoms with E-state index in [4.69, 9.17) is 4.74 Å². The van der Waals surface area contributed by atoms with Crippen molar-refractivity contribution in [3.05, 3.63) is 29.8 Å². The fourth-order valence-electron chi connectivity index (χ4n) is 4.07. The zero-order valence-corrected chi connectivity index (χ0v) is 14.8. The third kappa shape index (κ3) is 4.51. The molecule has 6 nitrogen and oxygen atoms in total. The molecule has 136 valence electrons. The monoisotopic (exact) mass is 345 g/mol. The quantitative estimate of drug-likeness (QED) is 0.862. The number of amides is 3. The van der Waals surface area contributed by atoms with E-state index >= 15 is 0 Å². The Hall–Kier alpha value is -2.08. The number of methoxy groups -OCH3 is 1. The van der Waals surface area contributed by atoms with Gasteiger partial charge in [0, 0.05) is 31.9 Å². The van der Waals surface area contributed by atoms with Crippen molar-refractivity contribution in [1.29, 1.82) is 0 Å². The summed E-state index contributed by atoms with van der Waals surface area (Å²) in [4.78, 5) is 26.2. The van der Waals surface area contributed by atoms with Crippen LogP contribution in [0, 0.1) is 5.92 Å². The third-order valence-electron chi connectivity index (χ3n) is 5.18. The van der Waals surface area contributed by atoms with Crippen molar-refractivity contribution in [3.63, 3.8) is 0 Å². The van der Waals surface area contributed by atoms with Crippen LogP contribution in [-0.4, -0.2) is 43.1 Å². The van der Waals surface area contributed by atoms with Crippen LogP contribution in [0.5, 0.6) is 0 Å². The molecular weight excluding hydrogens is 318 g/mol. The summed E-state index contributed by atoms with van der Waals surface area (Å²) in [6, 6.07) is 7.98. The fourth-order valence-corrected chi connectivity index (χ4v) is 4.07. The third-order valence-corrected chi connectivity index (χ3v) is 5.18. The van der Waals surface area contributed by atoms with E-state index in [9.17, 15) is 9.59 Å². The van der Waals surface area contributed by atoms with Gasteiger partial charge in [0.15, 0.2) is 0 Å². The van der Waals surface area contributed by atoms with Crippen LogP contribution < -0.4 is 10.6 Å². The molecule has 2 N–H and O–H groups in total. The predicted octanol–water partition coefficient (Wildman–Crippen LogP) is 2.75. The number of urea groups is 1. The maximum Gasteiger partial charge on any atom is 0.317 e. The van der Waals surface area contributed by atoms with Gasteiger partial charge in [0.2, 0.25) is 5.91 Å². The summed E-state index contributed by atoms with van der Waals surface area (Å²) in [6.07, 6.45) is 6.01. The van der Waals surface area contributed by atoms with Gasteiger partial charge in [0.1, 0.15) is 6.61 Å². The van der Waals surface area contributed by atoms with Crippen LogP contribution in [0.15, 0.2) is 24.3 Å². The smallest absolute Gasteiger partial charge is 0.317 e. The maximum absolute atomic E-state index is 12.6. The average Bonchev–Trinajstić information content (AvgIpc) is 3.09. The van der Waals surface area contributed by atoms with E-state index in [1.165, 1.54) is 26.4 Å². The number of likely N-dealkylation sites (tertiary alicyclic amines) is 1. The first-order valence-corrected chi connectivity index (χ1v) is 9.09. The number of benzene rings is 1. The number of carbonyl (C=O) groups is 2. The molecule has 1 saturated carbocycles. The summed E-state index contributed by atoms with van der Waals surface area (Å²) in [5.74, 6) is 0.503. The van der Waals surface area contributed by atoms with Crippen molar-refractivity contribution < 1.29 is 14.3 Å². The zero-order valence-electron chi connectivity index (χ0n) is 14.8. The molecule has 1 saturated heterocycles. The normalized spacial score (nSPS) is 22.4. The first-order chi connectivity index (χ1) is 12.2. The van der Waals surface area contributed by atoms with Crippen molar-refractivity contribution in [2.75, 3.05) is 25.6 Å². The van der Waals surface area contributed by atoms with Gasteiger partial charge in [-0.1, -0.05) is 18.6 Å². The Morgan fingerprint density at radius 1 is 1.24 bits per heavy atom. The van der Waals surface area contributed by atoms with Gasteiger partial charge in [-0.15, -0.1) is 0 Å². The van der Waals surface area contributed by atoms with Crippen LogP contribution in [0.3, 0.4) is 0 Å². The van der Waals surface area contributed by atoms with Crippen LogP contribution in [0.25, 0.3) is 0 Å². The molecule has 2 fully saturated rings. The molecule has 1 aliphatic carbocycles. The lowest BCUT2D eigenvalue weighted by Gasteiger charge is -2.37. The molecule has 0 radical (unpaired) electrons. The van der Waals surface area contributed by atoms with E-state index in [1.54, 1.807) is 0 Å².